The predicted octanol–water partition coefficient (Wildman–Crippen LogP) is 4.22. The van der Waals surface area contributed by atoms with Gasteiger partial charge in [-0.1, -0.05) is 30.3 Å². The summed E-state index contributed by atoms with van der Waals surface area (Å²) in [6.45, 7) is 5.49. The molecule has 0 aliphatic rings. The Morgan fingerprint density at radius 2 is 2.03 bits per heavy atom. The molecule has 29 heavy (non-hydrogen) atoms. The van der Waals surface area contributed by atoms with Gasteiger partial charge in [0, 0.05) is 24.0 Å². The number of nitrogens with zero attached hydrogens (tertiary/aromatic N) is 2. The molecule has 2 heterocycles. The van der Waals surface area contributed by atoms with Gasteiger partial charge in [-0.25, -0.2) is 4.79 Å². The van der Waals surface area contributed by atoms with Gasteiger partial charge in [0.15, 0.2) is 5.11 Å². The van der Waals surface area contributed by atoms with Gasteiger partial charge in [-0.2, -0.15) is 5.10 Å². The van der Waals surface area contributed by atoms with Crippen LogP contribution in [-0.4, -0.2) is 27.5 Å². The molecule has 2 N–H and O–H groups in total. The maximum absolute atomic E-state index is 12.4. The zero-order valence-electron chi connectivity index (χ0n) is 16.5. The number of nitrogens with one attached hydrogen (secondary N) is 2. The highest BCUT2D eigenvalue weighted by molar-refractivity contribution is 7.80. The molecule has 0 radical (unpaired) electrons. The summed E-state index contributed by atoms with van der Waals surface area (Å²) in [7, 11) is 0. The SMILES string of the molecule is CCOC(=O)c1cc(Cc2ccccc2)sc1NC(=S)NCc1ccn(CC)n1. The Morgan fingerprint density at radius 3 is 2.72 bits per heavy atom. The molecule has 1 aromatic carbocycles. The van der Waals surface area contributed by atoms with E-state index in [2.05, 4.69) is 27.9 Å². The van der Waals surface area contributed by atoms with Crippen molar-refractivity contribution in [2.75, 3.05) is 11.9 Å². The average molecular weight is 429 g/mol. The molecule has 3 rings (SSSR count). The maximum Gasteiger partial charge on any atom is 0.341 e. The molecule has 0 saturated carbocycles. The third-order valence-corrected chi connectivity index (χ3v) is 5.47. The Hall–Kier alpha value is -2.71. The number of rotatable bonds is 8. The van der Waals surface area contributed by atoms with Gasteiger partial charge in [-0.05, 0) is 43.8 Å². The van der Waals surface area contributed by atoms with E-state index in [0.717, 1.165) is 23.5 Å². The Morgan fingerprint density at radius 1 is 1.24 bits per heavy atom. The van der Waals surface area contributed by atoms with E-state index in [-0.39, 0.29) is 5.97 Å². The zero-order chi connectivity index (χ0) is 20.6. The molecule has 0 aliphatic carbocycles. The second-order valence-electron chi connectivity index (χ2n) is 6.31. The third kappa shape index (κ3) is 5.88. The van der Waals surface area contributed by atoms with E-state index in [1.807, 2.05) is 48.1 Å². The second kappa shape index (κ2) is 10.2. The summed E-state index contributed by atoms with van der Waals surface area (Å²) >= 11 is 6.92. The fourth-order valence-electron chi connectivity index (χ4n) is 2.77. The van der Waals surface area contributed by atoms with Crippen molar-refractivity contribution in [2.45, 2.75) is 33.4 Å². The van der Waals surface area contributed by atoms with Crippen LogP contribution in [0.3, 0.4) is 0 Å². The monoisotopic (exact) mass is 428 g/mol. The molecule has 0 amide bonds. The van der Waals surface area contributed by atoms with Crippen molar-refractivity contribution in [3.8, 4) is 0 Å². The number of thiophene rings is 1. The first-order chi connectivity index (χ1) is 14.1. The lowest BCUT2D eigenvalue weighted by atomic mass is 10.1. The van der Waals surface area contributed by atoms with E-state index in [1.54, 1.807) is 6.92 Å². The van der Waals surface area contributed by atoms with Crippen molar-refractivity contribution in [1.29, 1.82) is 0 Å². The van der Waals surface area contributed by atoms with Crippen molar-refractivity contribution >= 4 is 39.6 Å². The quantitative estimate of drug-likeness (QED) is 0.414. The highest BCUT2D eigenvalue weighted by atomic mass is 32.1. The topological polar surface area (TPSA) is 68.2 Å². The molecule has 6 nitrogen and oxygen atoms in total. The molecule has 0 atom stereocenters. The fraction of sp³-hybridized carbons (Fsp3) is 0.286. The molecule has 0 aliphatic heterocycles. The van der Waals surface area contributed by atoms with Crippen LogP contribution in [0, 0.1) is 0 Å². The summed E-state index contributed by atoms with van der Waals surface area (Å²) in [6, 6.07) is 14.0. The zero-order valence-corrected chi connectivity index (χ0v) is 18.1. The number of carbonyl (C=O) groups is 1. The molecule has 0 fully saturated rings. The number of esters is 1. The van der Waals surface area contributed by atoms with Crippen LogP contribution >= 0.6 is 23.6 Å². The van der Waals surface area contributed by atoms with E-state index in [9.17, 15) is 4.79 Å². The molecule has 0 bridgehead atoms. The van der Waals surface area contributed by atoms with Crippen molar-refractivity contribution in [1.82, 2.24) is 15.1 Å². The third-order valence-electron chi connectivity index (χ3n) is 4.18. The van der Waals surface area contributed by atoms with Gasteiger partial charge in [-0.3, -0.25) is 4.68 Å². The van der Waals surface area contributed by atoms with Gasteiger partial charge in [0.1, 0.15) is 5.00 Å². The van der Waals surface area contributed by atoms with Crippen LogP contribution in [0.2, 0.25) is 0 Å². The van der Waals surface area contributed by atoms with Crippen molar-refractivity contribution in [2.24, 2.45) is 0 Å². The number of carbonyl (C=O) groups excluding carboxylic acids is 1. The summed E-state index contributed by atoms with van der Waals surface area (Å²) in [5, 5.41) is 11.8. The van der Waals surface area contributed by atoms with Crippen molar-refractivity contribution < 1.29 is 9.53 Å². The van der Waals surface area contributed by atoms with E-state index >= 15 is 0 Å². The number of ether oxygens (including phenoxy) is 1. The number of hydrogen-bond acceptors (Lipinski definition) is 5. The molecule has 0 spiro atoms. The largest absolute Gasteiger partial charge is 0.462 e. The molecule has 0 unspecified atom stereocenters. The van der Waals surface area contributed by atoms with Crippen molar-refractivity contribution in [3.05, 3.63) is 70.4 Å². The summed E-state index contributed by atoms with van der Waals surface area (Å²) < 4.78 is 7.07. The number of aromatic nitrogens is 2. The normalized spacial score (nSPS) is 10.6. The van der Waals surface area contributed by atoms with E-state index in [4.69, 9.17) is 17.0 Å². The minimum Gasteiger partial charge on any atom is -0.462 e. The van der Waals surface area contributed by atoms with Gasteiger partial charge in [-0.15, -0.1) is 11.3 Å². The Kier molecular flexibility index (Phi) is 7.37. The van der Waals surface area contributed by atoms with E-state index in [1.165, 1.54) is 16.9 Å². The molecule has 8 heteroatoms. The van der Waals surface area contributed by atoms with Gasteiger partial charge < -0.3 is 15.4 Å². The second-order valence-corrected chi connectivity index (χ2v) is 7.85. The van der Waals surface area contributed by atoms with Crippen molar-refractivity contribution in [3.63, 3.8) is 0 Å². The first-order valence-electron chi connectivity index (χ1n) is 9.50. The highest BCUT2D eigenvalue weighted by Gasteiger charge is 2.18. The first-order valence-corrected chi connectivity index (χ1v) is 10.7. The summed E-state index contributed by atoms with van der Waals surface area (Å²) in [6.07, 6.45) is 2.68. The molecular formula is C21H24N4O2S2. The van der Waals surface area contributed by atoms with Gasteiger partial charge in [0.25, 0.3) is 0 Å². The number of thiocarbonyl (C=S) groups is 1. The first kappa shape index (κ1) is 21.0. The van der Waals surface area contributed by atoms with E-state index in [0.29, 0.717) is 28.8 Å². The van der Waals surface area contributed by atoms with Crippen LogP contribution in [0.4, 0.5) is 5.00 Å². The number of aryl methyl sites for hydroxylation is 1. The number of hydrogen-bond donors (Lipinski definition) is 2. The standard InChI is InChI=1S/C21H24N4O2S2/c1-3-25-11-10-16(24-25)14-22-21(28)23-19-18(20(26)27-4-2)13-17(29-19)12-15-8-6-5-7-9-15/h5-11,13H,3-4,12,14H2,1-2H3,(H2,22,23,28). The lowest BCUT2D eigenvalue weighted by Crippen LogP contribution is -2.28. The van der Waals surface area contributed by atoms with Crippen LogP contribution < -0.4 is 10.6 Å². The van der Waals surface area contributed by atoms with Gasteiger partial charge >= 0.3 is 5.97 Å². The minimum atomic E-state index is -0.352. The Balaban J connectivity index is 1.69. The Bertz CT molecular complexity index is 966. The van der Waals surface area contributed by atoms with E-state index < -0.39 is 0 Å². The molecule has 3 aromatic rings. The lowest BCUT2D eigenvalue weighted by molar-refractivity contribution is 0.0528. The van der Waals surface area contributed by atoms with Crippen LogP contribution in [-0.2, 0) is 24.2 Å². The highest BCUT2D eigenvalue weighted by Crippen LogP contribution is 2.30. The Labute approximate surface area is 179 Å². The van der Waals surface area contributed by atoms with Gasteiger partial charge in [0.05, 0.1) is 24.4 Å². The molecule has 0 saturated heterocycles. The minimum absolute atomic E-state index is 0.324. The van der Waals surface area contributed by atoms with Crippen LogP contribution in [0.25, 0.3) is 0 Å². The van der Waals surface area contributed by atoms with Crippen LogP contribution in [0.5, 0.6) is 0 Å². The van der Waals surface area contributed by atoms with Gasteiger partial charge in [0.2, 0.25) is 0 Å². The fourth-order valence-corrected chi connectivity index (χ4v) is 4.09. The van der Waals surface area contributed by atoms with Crippen LogP contribution in [0.15, 0.2) is 48.7 Å². The summed E-state index contributed by atoms with van der Waals surface area (Å²) in [5.74, 6) is -0.352. The lowest BCUT2D eigenvalue weighted by Gasteiger charge is -2.09. The summed E-state index contributed by atoms with van der Waals surface area (Å²) in [5.41, 5.74) is 2.59. The smallest absolute Gasteiger partial charge is 0.341 e. The molecule has 152 valence electrons. The predicted molar refractivity (Wildman–Crippen MR) is 120 cm³/mol. The maximum atomic E-state index is 12.4. The number of benzene rings is 1. The van der Waals surface area contributed by atoms with Crippen LogP contribution in [0.1, 0.15) is 40.3 Å². The summed E-state index contributed by atoms with van der Waals surface area (Å²) in [4.78, 5) is 13.5. The molecular weight excluding hydrogens is 404 g/mol. The number of anilines is 1. The molecule has 2 aromatic heterocycles. The average Bonchev–Trinajstić information content (AvgIpc) is 3.34.